The molecular formula is C16H10BBr2F2N3O3. The minimum atomic E-state index is -4.13. The molecule has 4 rings (SSSR count). The molecule has 2 aliphatic rings. The van der Waals surface area contributed by atoms with Crippen molar-refractivity contribution >= 4 is 54.7 Å². The van der Waals surface area contributed by atoms with Crippen molar-refractivity contribution in [3.8, 4) is 5.75 Å². The van der Waals surface area contributed by atoms with Crippen LogP contribution >= 0.6 is 31.9 Å². The molecule has 0 saturated heterocycles. The number of rotatable bonds is 3. The number of nitrogens with zero attached hydrogens (tertiary/aromatic N) is 3. The van der Waals surface area contributed by atoms with Gasteiger partial charge in [-0.3, -0.25) is 10.1 Å². The molecule has 0 bridgehead atoms. The summed E-state index contributed by atoms with van der Waals surface area (Å²) in [5.74, 6) is 0.227. The number of hydrogen-bond donors (Lipinski definition) is 0. The largest absolute Gasteiger partial charge is 0.738 e. The van der Waals surface area contributed by atoms with Crippen molar-refractivity contribution in [2.24, 2.45) is 0 Å². The summed E-state index contributed by atoms with van der Waals surface area (Å²) in [6.45, 7) is -4.13. The van der Waals surface area contributed by atoms with Gasteiger partial charge in [0.2, 0.25) is 4.62 Å². The number of benzene rings is 1. The normalized spacial score (nSPS) is 17.2. The van der Waals surface area contributed by atoms with E-state index in [9.17, 15) is 10.1 Å². The van der Waals surface area contributed by atoms with Gasteiger partial charge in [-0.25, -0.2) is 0 Å². The van der Waals surface area contributed by atoms with Gasteiger partial charge >= 0.3 is 6.97 Å². The number of methoxy groups -OCH3 is 1. The van der Waals surface area contributed by atoms with E-state index in [0.29, 0.717) is 11.1 Å². The van der Waals surface area contributed by atoms with Crippen LogP contribution in [0.2, 0.25) is 0 Å². The number of ether oxygens (including phenoxy) is 1. The lowest BCUT2D eigenvalue weighted by Gasteiger charge is -2.32. The SMILES string of the molecule is COc1cc([N+](=O)[O-])ccc1C1=C2C=CC(Br)=[N+]2[B-](F)(F)n2c(Br)ccc21. The van der Waals surface area contributed by atoms with Gasteiger partial charge in [0.25, 0.3) is 5.69 Å². The highest BCUT2D eigenvalue weighted by atomic mass is 79.9. The smallest absolute Gasteiger partial charge is 0.496 e. The molecule has 0 atom stereocenters. The van der Waals surface area contributed by atoms with Crippen LogP contribution in [-0.2, 0) is 0 Å². The van der Waals surface area contributed by atoms with Crippen molar-refractivity contribution in [2.75, 3.05) is 7.11 Å². The first-order valence-electron chi connectivity index (χ1n) is 7.74. The van der Waals surface area contributed by atoms with Gasteiger partial charge in [-0.15, -0.1) is 0 Å². The second kappa shape index (κ2) is 6.13. The van der Waals surface area contributed by atoms with Crippen molar-refractivity contribution in [1.82, 2.24) is 4.48 Å². The van der Waals surface area contributed by atoms with E-state index in [4.69, 9.17) is 4.74 Å². The van der Waals surface area contributed by atoms with E-state index in [2.05, 4.69) is 31.9 Å². The van der Waals surface area contributed by atoms with Crippen molar-refractivity contribution < 1.29 is 22.8 Å². The molecular weight excluding hydrogens is 491 g/mol. The Hall–Kier alpha value is -2.27. The summed E-state index contributed by atoms with van der Waals surface area (Å²) < 4.78 is 38.1. The number of halogens is 4. The lowest BCUT2D eigenvalue weighted by molar-refractivity contribution is -0.385. The predicted molar refractivity (Wildman–Crippen MR) is 105 cm³/mol. The number of nitro groups is 1. The number of nitro benzene ring substituents is 1. The molecule has 0 aliphatic carbocycles. The average molecular weight is 501 g/mol. The van der Waals surface area contributed by atoms with Crippen molar-refractivity contribution in [3.05, 3.63) is 74.2 Å². The van der Waals surface area contributed by atoms with Crippen LogP contribution in [0.1, 0.15) is 11.3 Å². The van der Waals surface area contributed by atoms with Gasteiger partial charge in [-0.2, -0.15) is 0 Å². The van der Waals surface area contributed by atoms with Crippen molar-refractivity contribution in [2.45, 2.75) is 0 Å². The number of hydrogen-bond acceptors (Lipinski definition) is 3. The molecule has 0 amide bonds. The van der Waals surface area contributed by atoms with Gasteiger partial charge in [0, 0.05) is 45.4 Å². The quantitative estimate of drug-likeness (QED) is 0.353. The van der Waals surface area contributed by atoms with Gasteiger partial charge < -0.3 is 22.3 Å². The average Bonchev–Trinajstić information content (AvgIpc) is 3.19. The van der Waals surface area contributed by atoms with Crippen LogP contribution in [0, 0.1) is 10.1 Å². The Bertz CT molecular complexity index is 1110. The molecule has 138 valence electrons. The molecule has 0 unspecified atom stereocenters. The van der Waals surface area contributed by atoms with Crippen molar-refractivity contribution in [3.63, 3.8) is 0 Å². The summed E-state index contributed by atoms with van der Waals surface area (Å²) in [6, 6.07) is 7.25. The van der Waals surface area contributed by atoms with E-state index in [1.807, 2.05) is 0 Å². The molecule has 0 saturated carbocycles. The fourth-order valence-electron chi connectivity index (χ4n) is 3.41. The molecule has 0 fully saturated rings. The molecule has 0 spiro atoms. The topological polar surface area (TPSA) is 60.3 Å². The van der Waals surface area contributed by atoms with E-state index < -0.39 is 11.9 Å². The maximum Gasteiger partial charge on any atom is 0.738 e. The van der Waals surface area contributed by atoms with Crippen molar-refractivity contribution in [1.29, 1.82) is 0 Å². The number of allylic oxidation sites excluding steroid dienone is 2. The predicted octanol–water partition coefficient (Wildman–Crippen LogP) is 4.54. The number of fused-ring (bicyclic) bond motifs is 2. The molecule has 1 aromatic carbocycles. The Morgan fingerprint density at radius 2 is 1.96 bits per heavy atom. The van der Waals surface area contributed by atoms with Gasteiger partial charge in [0.05, 0.1) is 28.3 Å². The van der Waals surface area contributed by atoms with E-state index in [-0.39, 0.29) is 32.1 Å². The fourth-order valence-corrected chi connectivity index (χ4v) is 4.55. The summed E-state index contributed by atoms with van der Waals surface area (Å²) in [5.41, 5.74) is 1.41. The zero-order valence-electron chi connectivity index (χ0n) is 13.7. The molecule has 3 heterocycles. The Balaban J connectivity index is 2.07. The third-order valence-electron chi connectivity index (χ3n) is 4.54. The molecule has 6 nitrogen and oxygen atoms in total. The molecule has 0 radical (unpaired) electrons. The molecule has 2 aromatic rings. The highest BCUT2D eigenvalue weighted by molar-refractivity contribution is 9.18. The highest BCUT2D eigenvalue weighted by Crippen LogP contribution is 2.44. The van der Waals surface area contributed by atoms with Gasteiger partial charge in [0.1, 0.15) is 5.75 Å². The second-order valence-electron chi connectivity index (χ2n) is 5.93. The second-order valence-corrected chi connectivity index (χ2v) is 7.55. The minimum absolute atomic E-state index is 0.144. The molecule has 0 N–H and O–H groups in total. The molecule has 1 aromatic heterocycles. The third-order valence-corrected chi connectivity index (χ3v) is 5.83. The highest BCUT2D eigenvalue weighted by Gasteiger charge is 2.54. The van der Waals surface area contributed by atoms with E-state index in [1.165, 1.54) is 25.3 Å². The van der Waals surface area contributed by atoms with Crippen LogP contribution < -0.4 is 4.74 Å². The first kappa shape index (κ1) is 18.1. The van der Waals surface area contributed by atoms with Crippen LogP contribution in [0.5, 0.6) is 5.75 Å². The molecule has 27 heavy (non-hydrogen) atoms. The van der Waals surface area contributed by atoms with E-state index in [1.54, 1.807) is 24.3 Å². The Morgan fingerprint density at radius 3 is 2.63 bits per heavy atom. The summed E-state index contributed by atoms with van der Waals surface area (Å²) in [7, 11) is 1.38. The zero-order chi connectivity index (χ0) is 19.5. The van der Waals surface area contributed by atoms with Crippen LogP contribution in [-0.4, -0.2) is 32.6 Å². The standard InChI is InChI=1S/C16H10BBr2F2N3O3/c1-27-13-8-9(24(25)26)2-3-10(13)16-11-4-6-14(18)22(11)17(20,21)23-12(16)5-7-15(23)19/h2-8H,1H3. The summed E-state index contributed by atoms with van der Waals surface area (Å²) in [5, 5.41) is 11.1. The molecule has 2 aliphatic heterocycles. The number of non-ortho nitro benzene ring substituents is 1. The fraction of sp³-hybridized carbons (Fsp3) is 0.0625. The summed E-state index contributed by atoms with van der Waals surface area (Å²) in [4.78, 5) is 10.5. The monoisotopic (exact) mass is 499 g/mol. The Morgan fingerprint density at radius 1 is 1.22 bits per heavy atom. The Kier molecular flexibility index (Phi) is 4.11. The maximum atomic E-state index is 15.2. The third kappa shape index (κ3) is 2.52. The maximum absolute atomic E-state index is 15.2. The van der Waals surface area contributed by atoms with Crippen LogP contribution in [0.15, 0.2) is 52.8 Å². The summed E-state index contributed by atoms with van der Waals surface area (Å²) >= 11 is 6.39. The van der Waals surface area contributed by atoms with Crippen LogP contribution in [0.3, 0.4) is 0 Å². The Labute approximate surface area is 168 Å². The van der Waals surface area contributed by atoms with Gasteiger partial charge in [-0.05, 0) is 34.1 Å². The lowest BCUT2D eigenvalue weighted by Crippen LogP contribution is -2.50. The van der Waals surface area contributed by atoms with E-state index in [0.717, 1.165) is 8.96 Å². The lowest BCUT2D eigenvalue weighted by atomic mass is 9.86. The van der Waals surface area contributed by atoms with Gasteiger partial charge in [-0.1, -0.05) is 0 Å². The first-order chi connectivity index (χ1) is 12.8. The first-order valence-corrected chi connectivity index (χ1v) is 9.32. The minimum Gasteiger partial charge on any atom is -0.496 e. The van der Waals surface area contributed by atoms with Crippen LogP contribution in [0.25, 0.3) is 5.57 Å². The zero-order valence-corrected chi connectivity index (χ0v) is 16.9. The van der Waals surface area contributed by atoms with Gasteiger partial charge in [0.15, 0.2) is 5.70 Å². The molecule has 11 heteroatoms. The number of aromatic nitrogens is 1. The summed E-state index contributed by atoms with van der Waals surface area (Å²) in [6.07, 6.45) is 3.13. The van der Waals surface area contributed by atoms with Crippen LogP contribution in [0.4, 0.5) is 14.3 Å². The van der Waals surface area contributed by atoms with E-state index >= 15 is 8.63 Å².